The van der Waals surface area contributed by atoms with E-state index in [0.717, 1.165) is 10.9 Å². The molecule has 7 nitrogen and oxygen atoms in total. The average Bonchev–Trinajstić information content (AvgIpc) is 3.06. The molecule has 0 aliphatic heterocycles. The summed E-state index contributed by atoms with van der Waals surface area (Å²) in [4.78, 5) is 23.2. The number of fused-ring (bicyclic) bond motifs is 1. The fourth-order valence-corrected chi connectivity index (χ4v) is 2.32. The van der Waals surface area contributed by atoms with E-state index in [4.69, 9.17) is 21.1 Å². The minimum Gasteiger partial charge on any atom is -0.459 e. The fourth-order valence-electron chi connectivity index (χ4n) is 2.15. The molecule has 0 unspecified atom stereocenters. The smallest absolute Gasteiger partial charge is 0.336 e. The van der Waals surface area contributed by atoms with Gasteiger partial charge in [0.1, 0.15) is 5.58 Å². The Morgan fingerprint density at radius 2 is 2.00 bits per heavy atom. The second-order valence-electron chi connectivity index (χ2n) is 4.97. The molecule has 3 aromatic rings. The molecule has 0 aliphatic rings. The molecule has 1 amide bonds. The maximum absolute atomic E-state index is 11.7. The van der Waals surface area contributed by atoms with E-state index in [1.165, 1.54) is 18.4 Å². The van der Waals surface area contributed by atoms with E-state index >= 15 is 0 Å². The number of aryl methyl sites for hydroxylation is 1. The number of amides is 1. The van der Waals surface area contributed by atoms with E-state index in [2.05, 4.69) is 16.2 Å². The van der Waals surface area contributed by atoms with Crippen molar-refractivity contribution in [3.63, 3.8) is 0 Å². The summed E-state index contributed by atoms with van der Waals surface area (Å²) < 4.78 is 10.1. The molecular formula is C16H13N3O4S. The van der Waals surface area contributed by atoms with Crippen molar-refractivity contribution in [1.29, 1.82) is 0 Å². The van der Waals surface area contributed by atoms with Crippen molar-refractivity contribution in [2.45, 2.75) is 6.92 Å². The van der Waals surface area contributed by atoms with Crippen LogP contribution < -0.4 is 21.8 Å². The van der Waals surface area contributed by atoms with Crippen LogP contribution in [0.3, 0.4) is 0 Å². The lowest BCUT2D eigenvalue weighted by molar-refractivity contribution is 0.0916. The summed E-state index contributed by atoms with van der Waals surface area (Å²) in [6, 6.07) is 9.84. The molecular weight excluding hydrogens is 330 g/mol. The molecule has 122 valence electrons. The second-order valence-corrected chi connectivity index (χ2v) is 5.38. The highest BCUT2D eigenvalue weighted by Gasteiger charge is 2.09. The van der Waals surface area contributed by atoms with Gasteiger partial charge in [0, 0.05) is 23.2 Å². The monoisotopic (exact) mass is 343 g/mol. The van der Waals surface area contributed by atoms with Crippen LogP contribution in [0, 0.1) is 6.92 Å². The second kappa shape index (κ2) is 6.55. The van der Waals surface area contributed by atoms with Gasteiger partial charge in [-0.15, -0.1) is 0 Å². The van der Waals surface area contributed by atoms with Crippen molar-refractivity contribution in [1.82, 2.24) is 10.9 Å². The first-order chi connectivity index (χ1) is 11.5. The molecule has 0 fully saturated rings. The van der Waals surface area contributed by atoms with E-state index in [1.54, 1.807) is 18.2 Å². The summed E-state index contributed by atoms with van der Waals surface area (Å²) in [6.07, 6.45) is 1.40. The van der Waals surface area contributed by atoms with E-state index in [9.17, 15) is 9.59 Å². The van der Waals surface area contributed by atoms with Crippen molar-refractivity contribution in [3.8, 4) is 0 Å². The number of furan rings is 1. The molecule has 0 saturated heterocycles. The minimum atomic E-state index is -0.454. The lowest BCUT2D eigenvalue weighted by Gasteiger charge is -2.11. The van der Waals surface area contributed by atoms with Crippen LogP contribution in [0.2, 0.25) is 0 Å². The number of carbonyl (C=O) groups is 1. The van der Waals surface area contributed by atoms with Crippen LogP contribution in [0.15, 0.2) is 56.3 Å². The van der Waals surface area contributed by atoms with E-state index in [0.29, 0.717) is 11.3 Å². The summed E-state index contributed by atoms with van der Waals surface area (Å²) in [6.45, 7) is 1.84. The predicted molar refractivity (Wildman–Crippen MR) is 92.8 cm³/mol. The maximum atomic E-state index is 11.7. The SMILES string of the molecule is Cc1cc(=O)oc2cc(NC(=S)NNC(=O)c3ccco3)ccc12. The molecule has 3 rings (SSSR count). The molecule has 0 spiro atoms. The number of carbonyl (C=O) groups excluding carboxylic acids is 1. The Kier molecular flexibility index (Phi) is 4.30. The van der Waals surface area contributed by atoms with E-state index in [1.807, 2.05) is 13.0 Å². The standard InChI is InChI=1S/C16H13N3O4S/c1-9-7-14(20)23-13-8-10(4-5-11(9)13)17-16(24)19-18-15(21)12-3-2-6-22-12/h2-8H,1H3,(H,18,21)(H2,17,19,24). The van der Waals surface area contributed by atoms with Crippen LogP contribution in [-0.2, 0) is 0 Å². The fraction of sp³-hybridized carbons (Fsp3) is 0.0625. The Balaban J connectivity index is 1.67. The largest absolute Gasteiger partial charge is 0.459 e. The molecule has 3 N–H and O–H groups in total. The molecule has 8 heteroatoms. The van der Waals surface area contributed by atoms with Crippen molar-refractivity contribution in [2.24, 2.45) is 0 Å². The van der Waals surface area contributed by atoms with Crippen LogP contribution >= 0.6 is 12.2 Å². The minimum absolute atomic E-state index is 0.160. The van der Waals surface area contributed by atoms with Crippen molar-refractivity contribution in [2.75, 3.05) is 5.32 Å². The lowest BCUT2D eigenvalue weighted by atomic mass is 10.1. The number of hydrogen-bond donors (Lipinski definition) is 3. The van der Waals surface area contributed by atoms with Gasteiger partial charge in [0.25, 0.3) is 0 Å². The van der Waals surface area contributed by atoms with Gasteiger partial charge in [-0.3, -0.25) is 15.6 Å². The molecule has 2 aromatic heterocycles. The van der Waals surface area contributed by atoms with Gasteiger partial charge in [0.2, 0.25) is 0 Å². The third-order valence-corrected chi connectivity index (χ3v) is 3.45. The van der Waals surface area contributed by atoms with Crippen molar-refractivity contribution in [3.05, 3.63) is 64.4 Å². The van der Waals surface area contributed by atoms with Crippen LogP contribution in [-0.4, -0.2) is 11.0 Å². The summed E-state index contributed by atoms with van der Waals surface area (Å²) in [5.41, 5.74) is 6.44. The lowest BCUT2D eigenvalue weighted by Crippen LogP contribution is -2.43. The molecule has 0 atom stereocenters. The maximum Gasteiger partial charge on any atom is 0.336 e. The number of rotatable bonds is 2. The summed E-state index contributed by atoms with van der Waals surface area (Å²) in [5.74, 6) is -0.294. The number of benzene rings is 1. The Labute approximate surface area is 141 Å². The number of anilines is 1. The van der Waals surface area contributed by atoms with Crippen LogP contribution in [0.4, 0.5) is 5.69 Å². The van der Waals surface area contributed by atoms with Crippen LogP contribution in [0.25, 0.3) is 11.0 Å². The highest BCUT2D eigenvalue weighted by molar-refractivity contribution is 7.80. The molecule has 24 heavy (non-hydrogen) atoms. The highest BCUT2D eigenvalue weighted by atomic mass is 32.1. The zero-order valence-corrected chi connectivity index (χ0v) is 13.4. The number of hydrazine groups is 1. The number of nitrogens with one attached hydrogen (secondary N) is 3. The zero-order chi connectivity index (χ0) is 17.1. The zero-order valence-electron chi connectivity index (χ0n) is 12.6. The first kappa shape index (κ1) is 15.8. The van der Waals surface area contributed by atoms with Gasteiger partial charge >= 0.3 is 11.5 Å². The van der Waals surface area contributed by atoms with Gasteiger partial charge in [-0.05, 0) is 49.0 Å². The van der Waals surface area contributed by atoms with Gasteiger partial charge in [-0.25, -0.2) is 4.79 Å². The first-order valence-corrected chi connectivity index (χ1v) is 7.39. The molecule has 0 aliphatic carbocycles. The Morgan fingerprint density at radius 1 is 1.17 bits per heavy atom. The van der Waals surface area contributed by atoms with Crippen molar-refractivity contribution < 1.29 is 13.6 Å². The Morgan fingerprint density at radius 3 is 2.75 bits per heavy atom. The van der Waals surface area contributed by atoms with Gasteiger partial charge in [0.15, 0.2) is 10.9 Å². The van der Waals surface area contributed by atoms with Gasteiger partial charge in [0.05, 0.1) is 6.26 Å². The quantitative estimate of drug-likeness (QED) is 0.373. The average molecular weight is 343 g/mol. The van der Waals surface area contributed by atoms with E-state index in [-0.39, 0.29) is 10.9 Å². The molecule has 1 aromatic carbocycles. The summed E-state index contributed by atoms with van der Waals surface area (Å²) in [7, 11) is 0. The van der Waals surface area contributed by atoms with Crippen LogP contribution in [0.1, 0.15) is 16.1 Å². The van der Waals surface area contributed by atoms with Gasteiger partial charge < -0.3 is 14.2 Å². The van der Waals surface area contributed by atoms with E-state index < -0.39 is 11.5 Å². The summed E-state index contributed by atoms with van der Waals surface area (Å²) >= 11 is 5.10. The molecule has 0 bridgehead atoms. The third-order valence-electron chi connectivity index (χ3n) is 3.24. The van der Waals surface area contributed by atoms with Crippen LogP contribution in [0.5, 0.6) is 0 Å². The van der Waals surface area contributed by atoms with Gasteiger partial charge in [-0.1, -0.05) is 0 Å². The number of thiocarbonyl (C=S) groups is 1. The predicted octanol–water partition coefficient (Wildman–Crippen LogP) is 2.33. The summed E-state index contributed by atoms with van der Waals surface area (Å²) in [5, 5.41) is 3.90. The first-order valence-electron chi connectivity index (χ1n) is 6.98. The Bertz CT molecular complexity index is 963. The Hall–Kier alpha value is -3.13. The number of hydrogen-bond acceptors (Lipinski definition) is 5. The normalized spacial score (nSPS) is 10.4. The van der Waals surface area contributed by atoms with Crippen molar-refractivity contribution >= 4 is 39.9 Å². The molecule has 0 radical (unpaired) electrons. The third kappa shape index (κ3) is 3.44. The topological polar surface area (TPSA) is 96.5 Å². The molecule has 0 saturated carbocycles. The highest BCUT2D eigenvalue weighted by Crippen LogP contribution is 2.20. The van der Waals surface area contributed by atoms with Gasteiger partial charge in [-0.2, -0.15) is 0 Å². The molecule has 2 heterocycles.